The molecular weight excluding hydrogens is 455 g/mol. The summed E-state index contributed by atoms with van der Waals surface area (Å²) in [6.07, 6.45) is 2.81. The van der Waals surface area contributed by atoms with E-state index in [1.807, 2.05) is 39.7 Å². The van der Waals surface area contributed by atoms with Crippen LogP contribution in [0.15, 0.2) is 0 Å². The van der Waals surface area contributed by atoms with Gasteiger partial charge in [0.2, 0.25) is 0 Å². The van der Waals surface area contributed by atoms with Gasteiger partial charge in [-0.1, -0.05) is 41.5 Å². The molecule has 0 aromatic carbocycles. The zero-order chi connectivity index (χ0) is 21.8. The Morgan fingerprint density at radius 2 is 1.59 bits per heavy atom. The zero-order valence-corrected chi connectivity index (χ0v) is 21.4. The summed E-state index contributed by atoms with van der Waals surface area (Å²) in [5.41, 5.74) is 4.98. The molecule has 0 aliphatic carbocycles. The van der Waals surface area contributed by atoms with E-state index in [4.69, 9.17) is 8.80 Å². The van der Waals surface area contributed by atoms with Gasteiger partial charge >= 0.3 is 78.3 Å². The molecule has 0 fully saturated rings. The van der Waals surface area contributed by atoms with Crippen molar-refractivity contribution < 1.29 is 34.3 Å². The first-order valence-electron chi connectivity index (χ1n) is 9.82. The average molecular weight is 499 g/mol. The predicted molar refractivity (Wildman–Crippen MR) is 110 cm³/mol. The van der Waals surface area contributed by atoms with Gasteiger partial charge in [-0.2, -0.15) is 0 Å². The van der Waals surface area contributed by atoms with E-state index < -0.39 is 5.41 Å². The van der Waals surface area contributed by atoms with E-state index in [9.17, 15) is 9.59 Å². The molecule has 0 spiro atoms. The van der Waals surface area contributed by atoms with Gasteiger partial charge in [-0.25, -0.2) is 0 Å². The van der Waals surface area contributed by atoms with Crippen molar-refractivity contribution in [2.75, 3.05) is 18.6 Å². The van der Waals surface area contributed by atoms with Gasteiger partial charge in [-0.3, -0.25) is 4.79 Å². The number of nitrogens with one attached hydrogen (secondary N) is 1. The number of ketones is 1. The molecule has 0 aromatic heterocycles. The fourth-order valence-electron chi connectivity index (χ4n) is 2.98. The van der Waals surface area contributed by atoms with Crippen molar-refractivity contribution in [1.82, 2.24) is 5.32 Å². The number of alkyl halides is 1. The summed E-state index contributed by atoms with van der Waals surface area (Å²) in [5.74, 6) is 0.878. The minimum atomic E-state index is -0.418. The summed E-state index contributed by atoms with van der Waals surface area (Å²) in [5, 5.41) is 3.16. The number of carbonyl (C=O) groups is 2. The molecule has 1 amide bonds. The fourth-order valence-corrected chi connectivity index (χ4v) is 3.64. The van der Waals surface area contributed by atoms with Crippen molar-refractivity contribution in [2.45, 2.75) is 80.7 Å². The third kappa shape index (κ3) is 14.4. The van der Waals surface area contributed by atoms with Crippen LogP contribution in [0.5, 0.6) is 0 Å². The van der Waals surface area contributed by atoms with Crippen LogP contribution in [0.3, 0.4) is 0 Å². The van der Waals surface area contributed by atoms with Gasteiger partial charge < -0.3 is 5.32 Å². The third-order valence-corrected chi connectivity index (χ3v) is 5.62. The molecule has 0 aromatic rings. The maximum atomic E-state index is 12.0. The van der Waals surface area contributed by atoms with Crippen LogP contribution in [0.25, 0.3) is 0 Å². The Balaban J connectivity index is 0. The van der Waals surface area contributed by atoms with Gasteiger partial charge in [0.25, 0.3) is 0 Å². The van der Waals surface area contributed by atoms with Crippen molar-refractivity contribution in [3.05, 3.63) is 0 Å². The second-order valence-corrected chi connectivity index (χ2v) is 10.8. The topological polar surface area (TPSA) is 81.4 Å². The van der Waals surface area contributed by atoms with Crippen LogP contribution >= 0.6 is 0 Å². The Morgan fingerprint density at radius 1 is 1.07 bits per heavy atom. The van der Waals surface area contributed by atoms with E-state index in [0.717, 1.165) is 19.3 Å². The number of nitrogens with two attached hydrogens (primary N) is 1. The number of rotatable bonds is 12. The second-order valence-electron chi connectivity index (χ2n) is 9.33. The molecule has 0 aliphatic rings. The van der Waals surface area contributed by atoms with E-state index >= 15 is 0 Å². The normalized spacial score (nSPS) is 13.5. The first kappa shape index (κ1) is 29.0. The maximum absolute atomic E-state index is 12.0. The van der Waals surface area contributed by atoms with E-state index in [0.29, 0.717) is 18.3 Å². The van der Waals surface area contributed by atoms with Crippen LogP contribution in [-0.2, 0) is 12.7 Å². The van der Waals surface area contributed by atoms with Gasteiger partial charge in [-0.15, -0.1) is 0 Å². The number of Topliss-reactive ketones (excluding diaryl/α,β-unsaturated/α-hetero) is 1. The van der Waals surface area contributed by atoms with Gasteiger partial charge in [0.15, 0.2) is 5.78 Å². The summed E-state index contributed by atoms with van der Waals surface area (Å²) in [7, 11) is 1.89. The number of hydrogen-bond donors (Lipinski definition) is 2. The summed E-state index contributed by atoms with van der Waals surface area (Å²) in [6, 6.07) is 0.00810. The zero-order valence-electron chi connectivity index (χ0n) is 19.2. The second kappa shape index (κ2) is 13.9. The molecule has 3 N–H and O–H groups in total. The Morgan fingerprint density at radius 3 is 1.93 bits per heavy atom. The van der Waals surface area contributed by atoms with Gasteiger partial charge in [-0.05, 0) is 31.2 Å². The molecule has 0 saturated carbocycles. The van der Waals surface area contributed by atoms with Gasteiger partial charge in [0, 0.05) is 5.92 Å². The summed E-state index contributed by atoms with van der Waals surface area (Å²) in [6.45, 7) is 17.3. The molecule has 27 heavy (non-hydrogen) atoms. The molecule has 0 heterocycles. The van der Waals surface area contributed by atoms with Crippen molar-refractivity contribution in [3.63, 3.8) is 0 Å². The van der Waals surface area contributed by atoms with Gasteiger partial charge in [0.1, 0.15) is 0 Å². The van der Waals surface area contributed by atoms with Crippen molar-refractivity contribution >= 4 is 11.7 Å². The Labute approximate surface area is 178 Å². The van der Waals surface area contributed by atoms with Crippen LogP contribution in [0.4, 0.5) is 0 Å². The van der Waals surface area contributed by atoms with Crippen molar-refractivity contribution in [2.24, 2.45) is 28.4 Å². The molecule has 0 radical (unpaired) electrons. The Hall–Kier alpha value is -0.210. The number of carbonyl (C=O) groups excluding carboxylic acids is 2. The molecule has 6 heteroatoms. The van der Waals surface area contributed by atoms with Crippen LogP contribution in [-0.4, -0.2) is 36.3 Å². The molecular formula is C21H44IN2O3-. The summed E-state index contributed by atoms with van der Waals surface area (Å²) < 4.78 is 5.22. The standard InChI is InChI=1S/C14H29NO.C7H15INO2/c1-10(2)8-14(5,6)9-12(15-7)13(16)11(3)4;1-7(2,6(9)10)4-5-11-8-3/h10-12,15H,8-9H2,1-7H3;4-5H2,1-3H3,(H2,9,10)/q;-1. The molecule has 0 bridgehead atoms. The molecule has 0 rings (SSSR count). The van der Waals surface area contributed by atoms with E-state index in [-0.39, 0.29) is 44.9 Å². The Kier molecular flexibility index (Phi) is 14.9. The van der Waals surface area contributed by atoms with Crippen LogP contribution in [0.2, 0.25) is 0 Å². The van der Waals surface area contributed by atoms with E-state index in [1.54, 1.807) is 0 Å². The fraction of sp³-hybridized carbons (Fsp3) is 0.905. The molecule has 164 valence electrons. The van der Waals surface area contributed by atoms with Crippen LogP contribution in [0, 0.1) is 22.7 Å². The van der Waals surface area contributed by atoms with E-state index in [1.165, 1.54) is 0 Å². The van der Waals surface area contributed by atoms with Crippen molar-refractivity contribution in [3.8, 4) is 0 Å². The predicted octanol–water partition coefficient (Wildman–Crippen LogP) is 0.800. The molecule has 0 aliphatic heterocycles. The molecule has 0 saturated heterocycles. The summed E-state index contributed by atoms with van der Waals surface area (Å²) in [4.78, 5) is 24.8. The third-order valence-electron chi connectivity index (χ3n) is 4.56. The number of halogens is 1. The molecule has 1 atom stereocenters. The van der Waals surface area contributed by atoms with Crippen LogP contribution in [0.1, 0.15) is 74.7 Å². The SMILES string of the molecule is CNC(CC(C)(C)CC(C)C)C(=O)C(C)C.C[I-]OCCC(C)(C)C(N)=O. The first-order valence-corrected chi connectivity index (χ1v) is 12.9. The quantitative estimate of drug-likeness (QED) is 0.237. The minimum absolute atomic E-state index is 0.00810. The number of amides is 1. The monoisotopic (exact) mass is 499 g/mol. The Bertz CT molecular complexity index is 435. The number of likely N-dealkylation sites (N-methyl/N-ethyl adjacent to an activating group) is 1. The van der Waals surface area contributed by atoms with Crippen molar-refractivity contribution in [1.29, 1.82) is 0 Å². The molecule has 1 unspecified atom stereocenters. The van der Waals surface area contributed by atoms with Gasteiger partial charge in [0.05, 0.1) is 6.04 Å². The summed E-state index contributed by atoms with van der Waals surface area (Å²) >= 11 is -0.119. The average Bonchev–Trinajstić information content (AvgIpc) is 2.51. The number of primary amides is 1. The van der Waals surface area contributed by atoms with E-state index in [2.05, 4.69) is 33.0 Å². The number of hydrogen-bond acceptors (Lipinski definition) is 4. The first-order chi connectivity index (χ1) is 12.2. The molecule has 5 nitrogen and oxygen atoms in total. The van der Waals surface area contributed by atoms with Crippen LogP contribution < -0.4 is 32.7 Å².